The van der Waals surface area contributed by atoms with Gasteiger partial charge in [-0.15, -0.1) is 11.3 Å². The zero-order chi connectivity index (χ0) is 11.8. The highest BCUT2D eigenvalue weighted by atomic mass is 79.9. The first-order chi connectivity index (χ1) is 7.48. The topological polar surface area (TPSA) is 63.2 Å². The smallest absolute Gasteiger partial charge is 0.263 e. The zero-order valence-corrected chi connectivity index (χ0v) is 11.2. The van der Waals surface area contributed by atoms with Crippen LogP contribution < -0.4 is 5.32 Å². The van der Waals surface area contributed by atoms with Gasteiger partial charge in [-0.1, -0.05) is 0 Å². The molecule has 0 radical (unpaired) electrons. The number of carbonyl (C=O) groups excluding carboxylic acids is 1. The Kier molecular flexibility index (Phi) is 3.18. The number of halogens is 1. The van der Waals surface area contributed by atoms with Crippen LogP contribution in [0.3, 0.4) is 0 Å². The second-order valence-electron chi connectivity index (χ2n) is 3.34. The molecule has 16 heavy (non-hydrogen) atoms. The summed E-state index contributed by atoms with van der Waals surface area (Å²) in [6.07, 6.45) is 1.49. The summed E-state index contributed by atoms with van der Waals surface area (Å²) < 4.78 is 23.0. The van der Waals surface area contributed by atoms with Crippen LogP contribution in [0.2, 0.25) is 0 Å². The number of amides is 1. The van der Waals surface area contributed by atoms with Crippen molar-refractivity contribution in [3.8, 4) is 0 Å². The summed E-state index contributed by atoms with van der Waals surface area (Å²) in [6, 6.07) is 1.35. The van der Waals surface area contributed by atoms with Crippen LogP contribution in [-0.2, 0) is 9.84 Å². The molecular formula is C9H8BrNO3S2. The van der Waals surface area contributed by atoms with Gasteiger partial charge in [0.2, 0.25) is 0 Å². The summed E-state index contributed by atoms with van der Waals surface area (Å²) in [5, 5.41) is 5.59. The van der Waals surface area contributed by atoms with Crippen molar-refractivity contribution in [1.82, 2.24) is 5.32 Å². The Hall–Kier alpha value is -0.660. The molecule has 2 heterocycles. The molecule has 0 saturated carbocycles. The van der Waals surface area contributed by atoms with Crippen molar-refractivity contribution in [1.29, 1.82) is 0 Å². The van der Waals surface area contributed by atoms with E-state index in [1.54, 1.807) is 11.4 Å². The molecule has 0 spiro atoms. The normalized spacial score (nSPS) is 22.2. The second-order valence-corrected chi connectivity index (χ2v) is 7.04. The molecule has 1 N–H and O–H groups in total. The van der Waals surface area contributed by atoms with Crippen LogP contribution in [-0.4, -0.2) is 26.1 Å². The summed E-state index contributed by atoms with van der Waals surface area (Å²) in [7, 11) is -3.12. The highest BCUT2D eigenvalue weighted by Crippen LogP contribution is 2.22. The number of nitrogens with one attached hydrogen (secondary N) is 1. The standard InChI is InChI=1S/C9H8BrNO3S2/c10-7-1-3-15-8(7)9(12)11-6-2-4-16(13,14)5-6/h1-4,6H,5H2,(H,11,12). The van der Waals surface area contributed by atoms with Crippen LogP contribution in [0.4, 0.5) is 0 Å². The van der Waals surface area contributed by atoms with Crippen LogP contribution in [0.25, 0.3) is 0 Å². The molecule has 0 saturated heterocycles. The Labute approximate surface area is 105 Å². The van der Waals surface area contributed by atoms with E-state index < -0.39 is 15.9 Å². The lowest BCUT2D eigenvalue weighted by Gasteiger charge is -2.08. The fraction of sp³-hybridized carbons (Fsp3) is 0.222. The molecule has 0 aliphatic carbocycles. The molecule has 1 aromatic heterocycles. The van der Waals surface area contributed by atoms with Gasteiger partial charge in [-0.25, -0.2) is 8.42 Å². The number of carbonyl (C=O) groups is 1. The van der Waals surface area contributed by atoms with Crippen LogP contribution in [0.5, 0.6) is 0 Å². The molecule has 1 unspecified atom stereocenters. The maximum Gasteiger partial charge on any atom is 0.263 e. The number of hydrogen-bond donors (Lipinski definition) is 1. The van der Waals surface area contributed by atoms with Gasteiger partial charge in [0.05, 0.1) is 11.8 Å². The number of sulfone groups is 1. The third-order valence-electron chi connectivity index (χ3n) is 2.07. The van der Waals surface area contributed by atoms with Crippen molar-refractivity contribution < 1.29 is 13.2 Å². The lowest BCUT2D eigenvalue weighted by molar-refractivity contribution is 0.0951. The monoisotopic (exact) mass is 321 g/mol. The zero-order valence-electron chi connectivity index (χ0n) is 8.01. The van der Waals surface area contributed by atoms with Gasteiger partial charge < -0.3 is 5.32 Å². The molecule has 4 nitrogen and oxygen atoms in total. The molecule has 1 aliphatic rings. The van der Waals surface area contributed by atoms with E-state index in [1.807, 2.05) is 0 Å². The van der Waals surface area contributed by atoms with Crippen molar-refractivity contribution in [3.63, 3.8) is 0 Å². The highest BCUT2D eigenvalue weighted by Gasteiger charge is 2.24. The molecule has 2 rings (SSSR count). The first-order valence-corrected chi connectivity index (χ1v) is 7.81. The van der Waals surface area contributed by atoms with Crippen LogP contribution in [0.1, 0.15) is 9.67 Å². The SMILES string of the molecule is O=C(NC1C=CS(=O)(=O)C1)c1sccc1Br. The van der Waals surface area contributed by atoms with Crippen LogP contribution in [0.15, 0.2) is 27.4 Å². The molecule has 0 aromatic carbocycles. The van der Waals surface area contributed by atoms with Crippen molar-refractivity contribution in [2.75, 3.05) is 5.75 Å². The minimum absolute atomic E-state index is 0.0538. The Bertz CT molecular complexity index is 547. The van der Waals surface area contributed by atoms with E-state index in [4.69, 9.17) is 0 Å². The average Bonchev–Trinajstić information content (AvgIpc) is 2.72. The van der Waals surface area contributed by atoms with E-state index in [1.165, 1.54) is 17.4 Å². The van der Waals surface area contributed by atoms with Gasteiger partial charge in [-0.3, -0.25) is 4.79 Å². The van der Waals surface area contributed by atoms with Gasteiger partial charge in [0.15, 0.2) is 9.84 Å². The maximum atomic E-state index is 11.7. The molecular weight excluding hydrogens is 314 g/mol. The Morgan fingerprint density at radius 1 is 1.56 bits per heavy atom. The van der Waals surface area contributed by atoms with Crippen LogP contribution in [0, 0.1) is 0 Å². The van der Waals surface area contributed by atoms with Crippen molar-refractivity contribution in [3.05, 3.63) is 32.3 Å². The predicted octanol–water partition coefficient (Wildman–Crippen LogP) is 1.55. The number of hydrogen-bond acceptors (Lipinski definition) is 4. The van der Waals surface area contributed by atoms with E-state index in [-0.39, 0.29) is 11.7 Å². The predicted molar refractivity (Wildman–Crippen MR) is 66.2 cm³/mol. The van der Waals surface area contributed by atoms with Crippen molar-refractivity contribution in [2.45, 2.75) is 6.04 Å². The fourth-order valence-electron chi connectivity index (χ4n) is 1.36. The average molecular weight is 322 g/mol. The number of thiophene rings is 1. The summed E-state index contributed by atoms with van der Waals surface area (Å²) in [6.45, 7) is 0. The van der Waals surface area contributed by atoms with E-state index >= 15 is 0 Å². The van der Waals surface area contributed by atoms with Crippen LogP contribution >= 0.6 is 27.3 Å². The van der Waals surface area contributed by atoms with E-state index in [2.05, 4.69) is 21.2 Å². The third kappa shape index (κ3) is 2.53. The van der Waals surface area contributed by atoms with Crippen molar-refractivity contribution in [2.24, 2.45) is 0 Å². The van der Waals surface area contributed by atoms with E-state index in [0.29, 0.717) is 4.88 Å². The van der Waals surface area contributed by atoms with Crippen molar-refractivity contribution >= 4 is 43.0 Å². The third-order valence-corrected chi connectivity index (χ3v) is 5.30. The quantitative estimate of drug-likeness (QED) is 0.899. The fourth-order valence-corrected chi connectivity index (χ4v) is 4.04. The first kappa shape index (κ1) is 11.8. The highest BCUT2D eigenvalue weighted by molar-refractivity contribution is 9.10. The first-order valence-electron chi connectivity index (χ1n) is 4.43. The van der Waals surface area contributed by atoms with E-state index in [9.17, 15) is 13.2 Å². The summed E-state index contributed by atoms with van der Waals surface area (Å²) >= 11 is 4.56. The summed E-state index contributed by atoms with van der Waals surface area (Å²) in [4.78, 5) is 12.3. The minimum atomic E-state index is -3.12. The molecule has 1 aromatic rings. The largest absolute Gasteiger partial charge is 0.344 e. The molecule has 1 atom stereocenters. The molecule has 1 amide bonds. The minimum Gasteiger partial charge on any atom is -0.344 e. The van der Waals surface area contributed by atoms with Gasteiger partial charge in [-0.05, 0) is 33.5 Å². The van der Waals surface area contributed by atoms with Gasteiger partial charge in [0.1, 0.15) is 4.88 Å². The van der Waals surface area contributed by atoms with Gasteiger partial charge in [0, 0.05) is 9.88 Å². The lowest BCUT2D eigenvalue weighted by atomic mass is 10.3. The second kappa shape index (κ2) is 4.31. The van der Waals surface area contributed by atoms with Gasteiger partial charge in [0.25, 0.3) is 5.91 Å². The Morgan fingerprint density at radius 3 is 2.81 bits per heavy atom. The molecule has 86 valence electrons. The molecule has 1 aliphatic heterocycles. The lowest BCUT2D eigenvalue weighted by Crippen LogP contribution is -2.35. The van der Waals surface area contributed by atoms with E-state index in [0.717, 1.165) is 9.88 Å². The molecule has 0 bridgehead atoms. The maximum absolute atomic E-state index is 11.7. The Morgan fingerprint density at radius 2 is 2.31 bits per heavy atom. The summed E-state index contributed by atoms with van der Waals surface area (Å²) in [5.41, 5.74) is 0. The van der Waals surface area contributed by atoms with Gasteiger partial charge in [-0.2, -0.15) is 0 Å². The number of rotatable bonds is 2. The summed E-state index contributed by atoms with van der Waals surface area (Å²) in [5.74, 6) is -0.310. The van der Waals surface area contributed by atoms with Gasteiger partial charge >= 0.3 is 0 Å². The Balaban J connectivity index is 2.05. The molecule has 0 fully saturated rings. The molecule has 7 heteroatoms.